The highest BCUT2D eigenvalue weighted by Crippen LogP contribution is 2.25. The van der Waals surface area contributed by atoms with Crippen molar-refractivity contribution in [2.45, 2.75) is 39.7 Å². The second kappa shape index (κ2) is 7.11. The molecule has 3 aromatic rings. The summed E-state index contributed by atoms with van der Waals surface area (Å²) in [5.74, 6) is 0.480. The van der Waals surface area contributed by atoms with E-state index in [-0.39, 0.29) is 17.9 Å². The van der Waals surface area contributed by atoms with Gasteiger partial charge in [-0.15, -0.1) is 0 Å². The van der Waals surface area contributed by atoms with Gasteiger partial charge in [0, 0.05) is 17.8 Å². The van der Waals surface area contributed by atoms with Gasteiger partial charge in [-0.1, -0.05) is 13.8 Å². The molecule has 26 heavy (non-hydrogen) atoms. The molecule has 0 aliphatic carbocycles. The van der Waals surface area contributed by atoms with E-state index in [4.69, 9.17) is 9.72 Å². The molecule has 1 N–H and O–H groups in total. The Morgan fingerprint density at radius 2 is 1.96 bits per heavy atom. The van der Waals surface area contributed by atoms with Crippen LogP contribution in [0.2, 0.25) is 0 Å². The number of hydrogen-bond donors (Lipinski definition) is 1. The van der Waals surface area contributed by atoms with Crippen molar-refractivity contribution >= 4 is 22.6 Å². The van der Waals surface area contributed by atoms with E-state index in [9.17, 15) is 4.79 Å². The van der Waals surface area contributed by atoms with Gasteiger partial charge in [0.2, 0.25) is 5.88 Å². The number of hydrogen-bond acceptors (Lipinski definition) is 5. The molecule has 0 unspecified atom stereocenters. The van der Waals surface area contributed by atoms with Crippen LogP contribution in [-0.4, -0.2) is 32.8 Å². The Morgan fingerprint density at radius 3 is 2.54 bits per heavy atom. The second-order valence-electron chi connectivity index (χ2n) is 6.71. The predicted molar refractivity (Wildman–Crippen MR) is 101 cm³/mol. The van der Waals surface area contributed by atoms with Gasteiger partial charge in [-0.05, 0) is 31.9 Å². The van der Waals surface area contributed by atoms with E-state index in [1.54, 1.807) is 31.6 Å². The molecule has 0 saturated carbocycles. The quantitative estimate of drug-likeness (QED) is 0.754. The molecule has 0 radical (unpaired) electrons. The number of amides is 1. The number of fused-ring (bicyclic) bond motifs is 1. The summed E-state index contributed by atoms with van der Waals surface area (Å²) in [5, 5.41) is 8.04. The van der Waals surface area contributed by atoms with Crippen LogP contribution in [0.3, 0.4) is 0 Å². The molecule has 136 valence electrons. The Kier molecular flexibility index (Phi) is 4.88. The molecule has 0 aromatic carbocycles. The van der Waals surface area contributed by atoms with E-state index >= 15 is 0 Å². The minimum atomic E-state index is -0.213. The van der Waals surface area contributed by atoms with E-state index in [1.165, 1.54) is 0 Å². The van der Waals surface area contributed by atoms with Crippen molar-refractivity contribution in [2.24, 2.45) is 0 Å². The van der Waals surface area contributed by atoms with E-state index in [0.29, 0.717) is 17.1 Å². The maximum absolute atomic E-state index is 12.9. The monoisotopic (exact) mass is 353 g/mol. The van der Waals surface area contributed by atoms with Crippen LogP contribution in [0.15, 0.2) is 30.6 Å². The molecule has 0 atom stereocenters. The molecule has 0 spiro atoms. The van der Waals surface area contributed by atoms with Crippen LogP contribution in [-0.2, 0) is 0 Å². The molecule has 0 saturated heterocycles. The number of nitrogens with zero attached hydrogens (tertiary/aromatic N) is 4. The number of ether oxygens (including phenoxy) is 1. The lowest BCUT2D eigenvalue weighted by Crippen LogP contribution is -2.14. The standard InChI is InChI=1S/C19H23N5O2/c1-11(2)16-8-14(15-10-21-24(12(3)4)18(15)23-16)19(25)22-13-6-7-17(26-5)20-9-13/h6-12H,1-5H3,(H,22,25). The summed E-state index contributed by atoms with van der Waals surface area (Å²) in [6.07, 6.45) is 3.27. The van der Waals surface area contributed by atoms with Crippen LogP contribution < -0.4 is 10.1 Å². The third kappa shape index (κ3) is 3.37. The maximum atomic E-state index is 12.9. The van der Waals surface area contributed by atoms with Gasteiger partial charge in [-0.3, -0.25) is 4.79 Å². The summed E-state index contributed by atoms with van der Waals surface area (Å²) in [7, 11) is 1.55. The third-order valence-electron chi connectivity index (χ3n) is 4.12. The normalized spacial score (nSPS) is 11.3. The molecule has 1 amide bonds. The molecule has 3 rings (SSSR count). The molecule has 0 bridgehead atoms. The SMILES string of the molecule is COc1ccc(NC(=O)c2cc(C(C)C)nc3c2cnn3C(C)C)cn1. The number of aromatic nitrogens is 4. The second-order valence-corrected chi connectivity index (χ2v) is 6.71. The molecular weight excluding hydrogens is 330 g/mol. The number of rotatable bonds is 5. The van der Waals surface area contributed by atoms with Crippen molar-refractivity contribution in [3.63, 3.8) is 0 Å². The molecule has 3 aromatic heterocycles. The zero-order valence-electron chi connectivity index (χ0n) is 15.6. The lowest BCUT2D eigenvalue weighted by atomic mass is 10.0. The predicted octanol–water partition coefficient (Wildman–Crippen LogP) is 3.79. The van der Waals surface area contributed by atoms with Gasteiger partial charge in [-0.25, -0.2) is 14.6 Å². The van der Waals surface area contributed by atoms with Gasteiger partial charge in [0.15, 0.2) is 5.65 Å². The highest BCUT2D eigenvalue weighted by Gasteiger charge is 2.19. The Labute approximate surface area is 152 Å². The molecule has 0 aliphatic heterocycles. The number of pyridine rings is 2. The van der Waals surface area contributed by atoms with E-state index in [2.05, 4.69) is 29.2 Å². The van der Waals surface area contributed by atoms with Gasteiger partial charge in [0.1, 0.15) is 0 Å². The first-order valence-electron chi connectivity index (χ1n) is 8.60. The first kappa shape index (κ1) is 17.8. The summed E-state index contributed by atoms with van der Waals surface area (Å²) < 4.78 is 6.88. The summed E-state index contributed by atoms with van der Waals surface area (Å²) in [6, 6.07) is 5.45. The molecule has 7 heteroatoms. The van der Waals surface area contributed by atoms with Crippen LogP contribution >= 0.6 is 0 Å². The fraction of sp³-hybridized carbons (Fsp3) is 0.368. The van der Waals surface area contributed by atoms with E-state index in [0.717, 1.165) is 16.7 Å². The van der Waals surface area contributed by atoms with Crippen LogP contribution in [0.25, 0.3) is 11.0 Å². The van der Waals surface area contributed by atoms with E-state index in [1.807, 2.05) is 24.6 Å². The highest BCUT2D eigenvalue weighted by molar-refractivity contribution is 6.12. The minimum absolute atomic E-state index is 0.157. The number of nitrogens with one attached hydrogen (secondary N) is 1. The fourth-order valence-corrected chi connectivity index (χ4v) is 2.67. The zero-order valence-corrected chi connectivity index (χ0v) is 15.6. The minimum Gasteiger partial charge on any atom is -0.481 e. The molecule has 3 heterocycles. The number of carbonyl (C=O) groups is 1. The molecular formula is C19H23N5O2. The summed E-state index contributed by atoms with van der Waals surface area (Å²) in [4.78, 5) is 21.7. The average Bonchev–Trinajstić information content (AvgIpc) is 3.05. The Bertz CT molecular complexity index is 929. The number of methoxy groups -OCH3 is 1. The van der Waals surface area contributed by atoms with Crippen molar-refractivity contribution in [3.8, 4) is 5.88 Å². The van der Waals surface area contributed by atoms with Gasteiger partial charge in [0.05, 0.1) is 36.1 Å². The molecule has 0 aliphatic rings. The highest BCUT2D eigenvalue weighted by atomic mass is 16.5. The number of anilines is 1. The van der Waals surface area contributed by atoms with Crippen molar-refractivity contribution < 1.29 is 9.53 Å². The maximum Gasteiger partial charge on any atom is 0.256 e. The van der Waals surface area contributed by atoms with Crippen LogP contribution in [0.5, 0.6) is 5.88 Å². The lowest BCUT2D eigenvalue weighted by Gasteiger charge is -2.12. The lowest BCUT2D eigenvalue weighted by molar-refractivity contribution is 0.102. The fourth-order valence-electron chi connectivity index (χ4n) is 2.67. The summed E-state index contributed by atoms with van der Waals surface area (Å²) >= 11 is 0. The Balaban J connectivity index is 2.03. The van der Waals surface area contributed by atoms with E-state index < -0.39 is 0 Å². The first-order chi connectivity index (χ1) is 12.4. The van der Waals surface area contributed by atoms with Crippen molar-refractivity contribution in [1.29, 1.82) is 0 Å². The molecule has 7 nitrogen and oxygen atoms in total. The van der Waals surface area contributed by atoms with Crippen molar-refractivity contribution in [3.05, 3.63) is 41.9 Å². The summed E-state index contributed by atoms with van der Waals surface area (Å²) in [6.45, 7) is 8.19. The largest absolute Gasteiger partial charge is 0.481 e. The van der Waals surface area contributed by atoms with Crippen molar-refractivity contribution in [2.75, 3.05) is 12.4 Å². The Morgan fingerprint density at radius 1 is 1.19 bits per heavy atom. The topological polar surface area (TPSA) is 81.9 Å². The summed E-state index contributed by atoms with van der Waals surface area (Å²) in [5.41, 5.74) is 2.74. The molecule has 0 fully saturated rings. The first-order valence-corrected chi connectivity index (χ1v) is 8.60. The van der Waals surface area contributed by atoms with Gasteiger partial charge in [-0.2, -0.15) is 5.10 Å². The van der Waals surface area contributed by atoms with Crippen LogP contribution in [0.4, 0.5) is 5.69 Å². The van der Waals surface area contributed by atoms with Crippen LogP contribution in [0, 0.1) is 0 Å². The smallest absolute Gasteiger partial charge is 0.256 e. The van der Waals surface area contributed by atoms with Gasteiger partial charge < -0.3 is 10.1 Å². The zero-order chi connectivity index (χ0) is 18.8. The Hall–Kier alpha value is -2.96. The average molecular weight is 353 g/mol. The third-order valence-corrected chi connectivity index (χ3v) is 4.12. The van der Waals surface area contributed by atoms with Crippen LogP contribution in [0.1, 0.15) is 55.7 Å². The van der Waals surface area contributed by atoms with Crippen molar-refractivity contribution in [1.82, 2.24) is 19.7 Å². The van der Waals surface area contributed by atoms with Gasteiger partial charge >= 0.3 is 0 Å². The van der Waals surface area contributed by atoms with Gasteiger partial charge in [0.25, 0.3) is 5.91 Å². The number of carbonyl (C=O) groups excluding carboxylic acids is 1.